The van der Waals surface area contributed by atoms with Gasteiger partial charge in [-0.05, 0) is 40.9 Å². The van der Waals surface area contributed by atoms with E-state index in [1.165, 1.54) is 12.1 Å². The molecule has 2 aromatic rings. The molecule has 1 aromatic carbocycles. The largest absolute Gasteiger partial charge is 0.482 e. The molecule has 0 atom stereocenters. The van der Waals surface area contributed by atoms with E-state index in [-0.39, 0.29) is 23.8 Å². The molecule has 1 aromatic heterocycles. The van der Waals surface area contributed by atoms with Crippen molar-refractivity contribution in [3.05, 3.63) is 46.7 Å². The van der Waals surface area contributed by atoms with Gasteiger partial charge in [-0.25, -0.2) is 0 Å². The Morgan fingerprint density at radius 3 is 2.68 bits per heavy atom. The third-order valence-electron chi connectivity index (χ3n) is 2.77. The molecule has 0 spiro atoms. The lowest BCUT2D eigenvalue weighted by Crippen LogP contribution is -2.20. The standard InChI is InChI=1S/C15H14F3NO2S/c16-15(17,18)10-21-13-4-2-1-3-12(13)19-14(20)6-5-11-7-8-22-9-11/h1-4,7-9H,5-6,10H2,(H,19,20). The van der Waals surface area contributed by atoms with Crippen molar-refractivity contribution in [2.24, 2.45) is 0 Å². The summed E-state index contributed by atoms with van der Waals surface area (Å²) in [5.41, 5.74) is 1.30. The summed E-state index contributed by atoms with van der Waals surface area (Å²) in [5.74, 6) is -0.266. The maximum absolute atomic E-state index is 12.2. The van der Waals surface area contributed by atoms with Crippen molar-refractivity contribution < 1.29 is 22.7 Å². The Bertz CT molecular complexity index is 612. The van der Waals surface area contributed by atoms with E-state index in [9.17, 15) is 18.0 Å². The lowest BCUT2D eigenvalue weighted by atomic mass is 10.2. The van der Waals surface area contributed by atoms with E-state index in [0.717, 1.165) is 5.56 Å². The van der Waals surface area contributed by atoms with Gasteiger partial charge >= 0.3 is 6.18 Å². The molecule has 0 bridgehead atoms. The molecule has 0 unspecified atom stereocenters. The van der Waals surface area contributed by atoms with Crippen LogP contribution in [0, 0.1) is 0 Å². The van der Waals surface area contributed by atoms with Crippen LogP contribution in [-0.4, -0.2) is 18.7 Å². The van der Waals surface area contributed by atoms with Gasteiger partial charge in [-0.1, -0.05) is 12.1 Å². The molecule has 7 heteroatoms. The van der Waals surface area contributed by atoms with E-state index in [2.05, 4.69) is 5.32 Å². The molecule has 0 saturated carbocycles. The first-order valence-corrected chi connectivity index (χ1v) is 7.48. The number of carbonyl (C=O) groups excluding carboxylic acids is 1. The zero-order valence-corrected chi connectivity index (χ0v) is 12.3. The molecule has 118 valence electrons. The maximum Gasteiger partial charge on any atom is 0.422 e. The van der Waals surface area contributed by atoms with Gasteiger partial charge in [0.1, 0.15) is 5.75 Å². The number of amides is 1. The summed E-state index contributed by atoms with van der Waals surface area (Å²) in [6.45, 7) is -1.39. The van der Waals surface area contributed by atoms with Crippen LogP contribution in [0.25, 0.3) is 0 Å². The van der Waals surface area contributed by atoms with Gasteiger partial charge in [0.05, 0.1) is 5.69 Å². The van der Waals surface area contributed by atoms with Crippen LogP contribution in [0.15, 0.2) is 41.1 Å². The maximum atomic E-state index is 12.2. The zero-order valence-electron chi connectivity index (χ0n) is 11.5. The highest BCUT2D eigenvalue weighted by Gasteiger charge is 2.28. The van der Waals surface area contributed by atoms with Crippen molar-refractivity contribution in [3.63, 3.8) is 0 Å². The summed E-state index contributed by atoms with van der Waals surface area (Å²) in [7, 11) is 0. The molecule has 0 aliphatic rings. The average Bonchev–Trinajstić information content (AvgIpc) is 2.97. The third-order valence-corrected chi connectivity index (χ3v) is 3.51. The second kappa shape index (κ2) is 7.31. The van der Waals surface area contributed by atoms with Crippen molar-refractivity contribution in [3.8, 4) is 5.75 Å². The Labute approximate surface area is 129 Å². The van der Waals surface area contributed by atoms with Crippen LogP contribution < -0.4 is 10.1 Å². The van der Waals surface area contributed by atoms with Crippen LogP contribution in [0.4, 0.5) is 18.9 Å². The van der Waals surface area contributed by atoms with Crippen molar-refractivity contribution in [1.29, 1.82) is 0 Å². The molecule has 1 amide bonds. The molecular formula is C15H14F3NO2S. The Morgan fingerprint density at radius 2 is 2.00 bits per heavy atom. The lowest BCUT2D eigenvalue weighted by molar-refractivity contribution is -0.153. The first kappa shape index (κ1) is 16.4. The molecule has 0 aliphatic heterocycles. The molecule has 0 aliphatic carbocycles. The summed E-state index contributed by atoms with van der Waals surface area (Å²) >= 11 is 1.55. The fourth-order valence-electron chi connectivity index (χ4n) is 1.76. The van der Waals surface area contributed by atoms with Crippen LogP contribution in [0.2, 0.25) is 0 Å². The minimum absolute atomic E-state index is 0.00343. The molecule has 1 heterocycles. The van der Waals surface area contributed by atoms with Crippen molar-refractivity contribution >= 4 is 22.9 Å². The first-order chi connectivity index (χ1) is 10.4. The van der Waals surface area contributed by atoms with Crippen molar-refractivity contribution in [2.75, 3.05) is 11.9 Å². The molecule has 22 heavy (non-hydrogen) atoms. The highest BCUT2D eigenvalue weighted by atomic mass is 32.1. The molecule has 2 rings (SSSR count). The van der Waals surface area contributed by atoms with Crippen LogP contribution in [-0.2, 0) is 11.2 Å². The summed E-state index contributed by atoms with van der Waals surface area (Å²) in [6.07, 6.45) is -3.58. The minimum Gasteiger partial charge on any atom is -0.482 e. The van der Waals surface area contributed by atoms with E-state index in [0.29, 0.717) is 6.42 Å². The monoisotopic (exact) mass is 329 g/mol. The number of para-hydroxylation sites is 2. The van der Waals surface area contributed by atoms with E-state index in [1.807, 2.05) is 16.8 Å². The average molecular weight is 329 g/mol. The van der Waals surface area contributed by atoms with Gasteiger partial charge in [0, 0.05) is 6.42 Å². The number of thiophene rings is 1. The Balaban J connectivity index is 1.92. The van der Waals surface area contributed by atoms with E-state index in [1.54, 1.807) is 23.5 Å². The Kier molecular flexibility index (Phi) is 5.43. The van der Waals surface area contributed by atoms with Crippen LogP contribution in [0.3, 0.4) is 0 Å². The molecule has 3 nitrogen and oxygen atoms in total. The molecule has 0 radical (unpaired) electrons. The number of anilines is 1. The number of hydrogen-bond donors (Lipinski definition) is 1. The smallest absolute Gasteiger partial charge is 0.422 e. The number of benzene rings is 1. The number of alkyl halides is 3. The number of carbonyl (C=O) groups is 1. The first-order valence-electron chi connectivity index (χ1n) is 6.53. The summed E-state index contributed by atoms with van der Waals surface area (Å²) in [5, 5.41) is 6.46. The number of ether oxygens (including phenoxy) is 1. The minimum atomic E-state index is -4.42. The third kappa shape index (κ3) is 5.40. The Morgan fingerprint density at radius 1 is 1.23 bits per heavy atom. The quantitative estimate of drug-likeness (QED) is 0.860. The lowest BCUT2D eigenvalue weighted by Gasteiger charge is -2.13. The molecular weight excluding hydrogens is 315 g/mol. The highest BCUT2D eigenvalue weighted by molar-refractivity contribution is 7.07. The molecule has 1 N–H and O–H groups in total. The van der Waals surface area contributed by atoms with Crippen molar-refractivity contribution in [1.82, 2.24) is 0 Å². The molecule has 0 saturated heterocycles. The second-order valence-electron chi connectivity index (χ2n) is 4.58. The fourth-order valence-corrected chi connectivity index (χ4v) is 2.46. The number of hydrogen-bond acceptors (Lipinski definition) is 3. The van der Waals surface area contributed by atoms with Gasteiger partial charge in [-0.2, -0.15) is 24.5 Å². The number of halogens is 3. The number of aryl methyl sites for hydroxylation is 1. The van der Waals surface area contributed by atoms with Crippen LogP contribution in [0.5, 0.6) is 5.75 Å². The predicted molar refractivity (Wildman–Crippen MR) is 79.3 cm³/mol. The van der Waals surface area contributed by atoms with Crippen LogP contribution >= 0.6 is 11.3 Å². The van der Waals surface area contributed by atoms with Gasteiger partial charge in [-0.3, -0.25) is 4.79 Å². The number of nitrogens with one attached hydrogen (secondary N) is 1. The van der Waals surface area contributed by atoms with E-state index >= 15 is 0 Å². The SMILES string of the molecule is O=C(CCc1ccsc1)Nc1ccccc1OCC(F)(F)F. The second-order valence-corrected chi connectivity index (χ2v) is 5.36. The van der Waals surface area contributed by atoms with E-state index < -0.39 is 12.8 Å². The topological polar surface area (TPSA) is 38.3 Å². The predicted octanol–water partition coefficient (Wildman–Crippen LogP) is 4.26. The van der Waals surface area contributed by atoms with Crippen molar-refractivity contribution in [2.45, 2.75) is 19.0 Å². The van der Waals surface area contributed by atoms with E-state index in [4.69, 9.17) is 4.74 Å². The van der Waals surface area contributed by atoms with Crippen LogP contribution in [0.1, 0.15) is 12.0 Å². The zero-order chi connectivity index (χ0) is 16.0. The van der Waals surface area contributed by atoms with Gasteiger partial charge in [-0.15, -0.1) is 0 Å². The highest BCUT2D eigenvalue weighted by Crippen LogP contribution is 2.26. The number of rotatable bonds is 6. The molecule has 0 fully saturated rings. The summed E-state index contributed by atoms with van der Waals surface area (Å²) < 4.78 is 41.3. The summed E-state index contributed by atoms with van der Waals surface area (Å²) in [4.78, 5) is 11.9. The summed E-state index contributed by atoms with van der Waals surface area (Å²) in [6, 6.07) is 7.99. The van der Waals surface area contributed by atoms with Gasteiger partial charge in [0.25, 0.3) is 0 Å². The van der Waals surface area contributed by atoms with Gasteiger partial charge < -0.3 is 10.1 Å². The Hall–Kier alpha value is -2.02. The van der Waals surface area contributed by atoms with Gasteiger partial charge in [0.15, 0.2) is 6.61 Å². The normalized spacial score (nSPS) is 11.2. The fraction of sp³-hybridized carbons (Fsp3) is 0.267. The van der Waals surface area contributed by atoms with Gasteiger partial charge in [0.2, 0.25) is 5.91 Å².